The molecule has 0 aliphatic carbocycles. The normalized spacial score (nSPS) is 11.9. The average Bonchev–Trinajstić information content (AvgIpc) is 2.69. The molecule has 0 heterocycles. The zero-order valence-electron chi connectivity index (χ0n) is 21.2. The van der Waals surface area contributed by atoms with Gasteiger partial charge in [0, 0.05) is 13.5 Å². The van der Waals surface area contributed by atoms with Crippen LogP contribution in [0.1, 0.15) is 130 Å². The van der Waals surface area contributed by atoms with E-state index in [2.05, 4.69) is 27.7 Å². The van der Waals surface area contributed by atoms with Crippen LogP contribution in [-0.2, 0) is 10.1 Å². The Kier molecular flexibility index (Phi) is 24.4. The second-order valence-corrected chi connectivity index (χ2v) is 15.1. The topological polar surface area (TPSA) is 57.2 Å². The molecule has 0 unspecified atom stereocenters. The first-order valence-corrected chi connectivity index (χ1v) is 17.3. The van der Waals surface area contributed by atoms with E-state index in [1.165, 1.54) is 96.3 Å². The van der Waals surface area contributed by atoms with Crippen molar-refractivity contribution in [3.8, 4) is 0 Å². The molecule has 0 saturated heterocycles. The maximum Gasteiger partial charge on any atom is 0.0916 e. The highest BCUT2D eigenvalue weighted by Crippen LogP contribution is 2.61. The Hall–Kier alpha value is 0.340. The molecule has 0 aromatic carbocycles. The Labute approximate surface area is 191 Å². The van der Waals surface area contributed by atoms with Gasteiger partial charge in [-0.2, -0.15) is 0 Å². The monoisotopic (exact) mass is 466 g/mol. The van der Waals surface area contributed by atoms with Crippen molar-refractivity contribution in [2.75, 3.05) is 30.9 Å². The SMILES string of the molecule is CCCCCCCCCCCC[P+](CCCC)(CCCC)CCCC.CS(=O)(=O)[O-]. The van der Waals surface area contributed by atoms with Crippen molar-refractivity contribution in [1.29, 1.82) is 0 Å². The summed E-state index contributed by atoms with van der Waals surface area (Å²) in [6.07, 6.45) is 30.6. The zero-order chi connectivity index (χ0) is 23.1. The minimum absolute atomic E-state index is 0.604. The molecule has 0 amide bonds. The molecule has 3 nitrogen and oxygen atoms in total. The van der Waals surface area contributed by atoms with E-state index in [0.29, 0.717) is 6.26 Å². The van der Waals surface area contributed by atoms with E-state index in [9.17, 15) is 0 Å². The van der Waals surface area contributed by atoms with E-state index >= 15 is 0 Å². The summed E-state index contributed by atoms with van der Waals surface area (Å²) in [4.78, 5) is 0. The van der Waals surface area contributed by atoms with Gasteiger partial charge in [0.05, 0.1) is 34.8 Å². The summed E-state index contributed by atoms with van der Waals surface area (Å²) < 4.78 is 27.2. The molecule has 0 radical (unpaired) electrons. The van der Waals surface area contributed by atoms with Crippen molar-refractivity contribution >= 4 is 17.4 Å². The molecule has 0 aromatic rings. The van der Waals surface area contributed by atoms with Crippen LogP contribution in [0, 0.1) is 0 Å². The molecule has 0 bridgehead atoms. The van der Waals surface area contributed by atoms with Gasteiger partial charge in [-0.05, 0) is 32.1 Å². The summed E-state index contributed by atoms with van der Waals surface area (Å²) in [5.74, 6) is 0. The van der Waals surface area contributed by atoms with Gasteiger partial charge in [0.2, 0.25) is 0 Å². The van der Waals surface area contributed by atoms with Crippen molar-refractivity contribution < 1.29 is 13.0 Å². The summed E-state index contributed by atoms with van der Waals surface area (Å²) in [5, 5.41) is 0. The van der Waals surface area contributed by atoms with E-state index < -0.39 is 17.4 Å². The minimum atomic E-state index is -3.92. The molecule has 0 aliphatic heterocycles. The average molecular weight is 467 g/mol. The predicted octanol–water partition coefficient (Wildman–Crippen LogP) is 8.49. The van der Waals surface area contributed by atoms with Crippen LogP contribution in [0.15, 0.2) is 0 Å². The van der Waals surface area contributed by atoms with Crippen LogP contribution in [0.2, 0.25) is 0 Å². The highest BCUT2D eigenvalue weighted by molar-refractivity contribution is 7.84. The van der Waals surface area contributed by atoms with E-state index in [-0.39, 0.29) is 0 Å². The van der Waals surface area contributed by atoms with Crippen LogP contribution in [0.4, 0.5) is 0 Å². The van der Waals surface area contributed by atoms with Crippen molar-refractivity contribution in [3.63, 3.8) is 0 Å². The van der Waals surface area contributed by atoms with Gasteiger partial charge in [0.15, 0.2) is 0 Å². The number of hydrogen-bond acceptors (Lipinski definition) is 3. The van der Waals surface area contributed by atoms with Crippen LogP contribution in [0.5, 0.6) is 0 Å². The molecule has 0 spiro atoms. The molecule has 184 valence electrons. The first-order valence-electron chi connectivity index (χ1n) is 13.0. The maximum atomic E-state index is 9.08. The van der Waals surface area contributed by atoms with Gasteiger partial charge in [0.1, 0.15) is 0 Å². The molecule has 5 heteroatoms. The smallest absolute Gasteiger partial charge is 0.0916 e. The van der Waals surface area contributed by atoms with Gasteiger partial charge < -0.3 is 4.55 Å². The molecular formula is C25H55O3PS. The fourth-order valence-corrected chi connectivity index (χ4v) is 9.28. The van der Waals surface area contributed by atoms with Crippen molar-refractivity contribution in [1.82, 2.24) is 0 Å². The second kappa shape index (κ2) is 22.5. The molecule has 30 heavy (non-hydrogen) atoms. The Bertz CT molecular complexity index is 408. The third kappa shape index (κ3) is 26.4. The third-order valence-corrected chi connectivity index (χ3v) is 11.0. The molecule has 0 aromatic heterocycles. The van der Waals surface area contributed by atoms with Crippen LogP contribution < -0.4 is 0 Å². The second-order valence-electron chi connectivity index (χ2n) is 9.18. The fraction of sp³-hybridized carbons (Fsp3) is 1.00. The summed E-state index contributed by atoms with van der Waals surface area (Å²) in [5.41, 5.74) is 0. The Morgan fingerprint density at radius 2 is 0.733 bits per heavy atom. The molecular weight excluding hydrogens is 411 g/mol. The standard InChI is InChI=1S/C24H52P.CH4O3S/c1-5-9-13-14-15-16-17-18-19-20-24-25(21-10-6-2,22-11-7-3)23-12-8-4;1-5(2,3)4/h5-24H2,1-4H3;1H3,(H,2,3,4)/q+1;/p-1. The number of unbranched alkanes of at least 4 members (excludes halogenated alkanes) is 12. The van der Waals surface area contributed by atoms with Gasteiger partial charge in [-0.3, -0.25) is 0 Å². The lowest BCUT2D eigenvalue weighted by atomic mass is 10.1. The molecule has 0 fully saturated rings. The maximum absolute atomic E-state index is 9.08. The van der Waals surface area contributed by atoms with Crippen LogP contribution in [-0.4, -0.2) is 43.9 Å². The lowest BCUT2D eigenvalue weighted by Crippen LogP contribution is -2.13. The molecule has 0 rings (SSSR count). The summed E-state index contributed by atoms with van der Waals surface area (Å²) >= 11 is 0. The van der Waals surface area contributed by atoms with Crippen LogP contribution in [0.25, 0.3) is 0 Å². The third-order valence-electron chi connectivity index (χ3n) is 5.94. The predicted molar refractivity (Wildman–Crippen MR) is 139 cm³/mol. The Morgan fingerprint density at radius 3 is 1.03 bits per heavy atom. The van der Waals surface area contributed by atoms with E-state index in [1.54, 1.807) is 31.1 Å². The number of hydrogen-bond donors (Lipinski definition) is 0. The Morgan fingerprint density at radius 1 is 0.500 bits per heavy atom. The largest absolute Gasteiger partial charge is 0.748 e. The van der Waals surface area contributed by atoms with E-state index in [4.69, 9.17) is 13.0 Å². The van der Waals surface area contributed by atoms with E-state index in [0.717, 1.165) is 0 Å². The lowest BCUT2D eigenvalue weighted by Gasteiger charge is -2.28. The highest BCUT2D eigenvalue weighted by Gasteiger charge is 2.34. The first kappa shape index (κ1) is 32.5. The quantitative estimate of drug-likeness (QED) is 0.103. The fourth-order valence-electron chi connectivity index (χ4n) is 4.09. The Balaban J connectivity index is 0. The lowest BCUT2D eigenvalue weighted by molar-refractivity contribution is 0.470. The van der Waals surface area contributed by atoms with Gasteiger partial charge >= 0.3 is 0 Å². The first-order chi connectivity index (χ1) is 14.2. The van der Waals surface area contributed by atoms with Gasteiger partial charge in [-0.15, -0.1) is 0 Å². The number of rotatable bonds is 20. The van der Waals surface area contributed by atoms with Gasteiger partial charge in [0.25, 0.3) is 0 Å². The zero-order valence-corrected chi connectivity index (χ0v) is 22.9. The molecule has 0 saturated carbocycles. The van der Waals surface area contributed by atoms with Gasteiger partial charge in [-0.25, -0.2) is 8.42 Å². The van der Waals surface area contributed by atoms with E-state index in [1.807, 2.05) is 0 Å². The van der Waals surface area contributed by atoms with Crippen LogP contribution >= 0.6 is 7.26 Å². The summed E-state index contributed by atoms with van der Waals surface area (Å²) in [6, 6.07) is 0. The summed E-state index contributed by atoms with van der Waals surface area (Å²) in [6.45, 7) is 9.46. The van der Waals surface area contributed by atoms with Gasteiger partial charge in [-0.1, -0.05) is 98.3 Å². The van der Waals surface area contributed by atoms with Crippen LogP contribution in [0.3, 0.4) is 0 Å². The minimum Gasteiger partial charge on any atom is -0.748 e. The van der Waals surface area contributed by atoms with Crippen molar-refractivity contribution in [2.24, 2.45) is 0 Å². The summed E-state index contributed by atoms with van der Waals surface area (Å²) in [7, 11) is -4.54. The van der Waals surface area contributed by atoms with Crippen molar-refractivity contribution in [3.05, 3.63) is 0 Å². The van der Waals surface area contributed by atoms with Crippen molar-refractivity contribution in [2.45, 2.75) is 130 Å². The molecule has 0 atom stereocenters. The highest BCUT2D eigenvalue weighted by atomic mass is 32.2. The molecule has 0 aliphatic rings. The molecule has 0 N–H and O–H groups in total.